The molecule has 0 aliphatic carbocycles. The molecule has 2 rings (SSSR count). The number of phenols is 1. The van der Waals surface area contributed by atoms with Crippen molar-refractivity contribution in [3.05, 3.63) is 29.6 Å². The zero-order valence-electron chi connectivity index (χ0n) is 10.3. The van der Waals surface area contributed by atoms with Gasteiger partial charge < -0.3 is 10.4 Å². The molecule has 110 valence electrons. The fourth-order valence-electron chi connectivity index (χ4n) is 2.16. The van der Waals surface area contributed by atoms with Crippen molar-refractivity contribution in [1.29, 1.82) is 0 Å². The van der Waals surface area contributed by atoms with Crippen LogP contribution in [0.15, 0.2) is 18.2 Å². The van der Waals surface area contributed by atoms with Crippen LogP contribution in [0.1, 0.15) is 11.6 Å². The number of halogens is 4. The Kier molecular flexibility index (Phi) is 8.25. The van der Waals surface area contributed by atoms with Gasteiger partial charge in [-0.1, -0.05) is 6.07 Å². The number of alkyl halides is 1. The number of nitrogens with zero attached hydrogens (tertiary/aromatic N) is 1. The van der Waals surface area contributed by atoms with Crippen LogP contribution in [-0.4, -0.2) is 42.9 Å². The molecule has 19 heavy (non-hydrogen) atoms. The van der Waals surface area contributed by atoms with Gasteiger partial charge in [0.25, 0.3) is 0 Å². The van der Waals surface area contributed by atoms with E-state index in [1.807, 2.05) is 4.90 Å². The molecule has 0 unspecified atom stereocenters. The first kappa shape index (κ1) is 18.4. The second kappa shape index (κ2) is 8.53. The second-order valence-electron chi connectivity index (χ2n) is 4.16. The second-order valence-corrected chi connectivity index (χ2v) is 4.16. The molecule has 0 spiro atoms. The SMILES string of the molecule is Cl.Cl.Oc1ccc([C@H](CF)N2CCNCC2)c(F)c1. The van der Waals surface area contributed by atoms with Gasteiger partial charge in [-0.15, -0.1) is 24.8 Å². The highest BCUT2D eigenvalue weighted by atomic mass is 35.5. The van der Waals surface area contributed by atoms with Gasteiger partial charge in [0.05, 0.1) is 6.04 Å². The number of aromatic hydroxyl groups is 1. The number of benzene rings is 1. The van der Waals surface area contributed by atoms with Crippen LogP contribution in [-0.2, 0) is 0 Å². The van der Waals surface area contributed by atoms with Crippen LogP contribution < -0.4 is 5.32 Å². The van der Waals surface area contributed by atoms with E-state index in [0.29, 0.717) is 18.7 Å². The smallest absolute Gasteiger partial charge is 0.131 e. The molecule has 0 amide bonds. The molecule has 3 nitrogen and oxygen atoms in total. The standard InChI is InChI=1S/C12H16F2N2O.2ClH/c13-8-12(16-5-3-15-4-6-16)10-2-1-9(17)7-11(10)14;;/h1-2,7,12,15,17H,3-6,8H2;2*1H/t12-;;/m0../s1. The Balaban J connectivity index is 0.00000162. The molecule has 1 aromatic rings. The summed E-state index contributed by atoms with van der Waals surface area (Å²) in [4.78, 5) is 1.92. The summed E-state index contributed by atoms with van der Waals surface area (Å²) in [5.74, 6) is -0.685. The van der Waals surface area contributed by atoms with Crippen LogP contribution in [0, 0.1) is 5.82 Å². The van der Waals surface area contributed by atoms with Crippen molar-refractivity contribution in [1.82, 2.24) is 10.2 Å². The molecule has 1 fully saturated rings. The quantitative estimate of drug-likeness (QED) is 0.898. The molecule has 7 heteroatoms. The lowest BCUT2D eigenvalue weighted by Gasteiger charge is -2.33. The maximum absolute atomic E-state index is 13.7. The minimum atomic E-state index is -0.623. The fourth-order valence-corrected chi connectivity index (χ4v) is 2.16. The molecule has 2 N–H and O–H groups in total. The topological polar surface area (TPSA) is 35.5 Å². The molecule has 0 aromatic heterocycles. The third-order valence-corrected chi connectivity index (χ3v) is 3.08. The predicted octanol–water partition coefficient (Wildman–Crippen LogP) is 2.29. The van der Waals surface area contributed by atoms with Crippen LogP contribution in [0.5, 0.6) is 5.75 Å². The molecule has 1 atom stereocenters. The number of hydrogen-bond donors (Lipinski definition) is 2. The third-order valence-electron chi connectivity index (χ3n) is 3.08. The fraction of sp³-hybridized carbons (Fsp3) is 0.500. The molecule has 0 saturated carbocycles. The van der Waals surface area contributed by atoms with Crippen molar-refractivity contribution in [2.75, 3.05) is 32.9 Å². The van der Waals surface area contributed by atoms with Crippen molar-refractivity contribution in [3.63, 3.8) is 0 Å². The van der Waals surface area contributed by atoms with E-state index >= 15 is 0 Å². The van der Waals surface area contributed by atoms with Gasteiger partial charge in [-0.3, -0.25) is 4.90 Å². The Morgan fingerprint density at radius 3 is 2.42 bits per heavy atom. The average molecular weight is 315 g/mol. The Labute approximate surface area is 123 Å². The van der Waals surface area contributed by atoms with Crippen LogP contribution in [0.25, 0.3) is 0 Å². The van der Waals surface area contributed by atoms with Crippen molar-refractivity contribution in [2.24, 2.45) is 0 Å². The molecule has 1 aliphatic heterocycles. The van der Waals surface area contributed by atoms with Gasteiger partial charge in [-0.2, -0.15) is 0 Å². The summed E-state index contributed by atoms with van der Waals surface area (Å²) in [6, 6.07) is 3.32. The van der Waals surface area contributed by atoms with Crippen LogP contribution >= 0.6 is 24.8 Å². The Bertz CT molecular complexity index is 390. The number of piperazine rings is 1. The van der Waals surface area contributed by atoms with E-state index in [1.165, 1.54) is 12.1 Å². The van der Waals surface area contributed by atoms with Crippen molar-refractivity contribution >= 4 is 24.8 Å². The molecular formula is C12H18Cl2F2N2O. The zero-order chi connectivity index (χ0) is 12.3. The van der Waals surface area contributed by atoms with Crippen molar-refractivity contribution < 1.29 is 13.9 Å². The predicted molar refractivity (Wildman–Crippen MR) is 75.7 cm³/mol. The largest absolute Gasteiger partial charge is 0.508 e. The number of rotatable bonds is 3. The number of nitrogens with one attached hydrogen (secondary N) is 1. The molecule has 0 radical (unpaired) electrons. The van der Waals surface area contributed by atoms with E-state index in [4.69, 9.17) is 5.11 Å². The van der Waals surface area contributed by atoms with Gasteiger partial charge in [0, 0.05) is 37.8 Å². The van der Waals surface area contributed by atoms with Crippen LogP contribution in [0.3, 0.4) is 0 Å². The Morgan fingerprint density at radius 1 is 1.26 bits per heavy atom. The van der Waals surface area contributed by atoms with Gasteiger partial charge in [-0.25, -0.2) is 8.78 Å². The molecule has 1 aromatic carbocycles. The highest BCUT2D eigenvalue weighted by Crippen LogP contribution is 2.26. The summed E-state index contributed by atoms with van der Waals surface area (Å²) < 4.78 is 26.8. The van der Waals surface area contributed by atoms with E-state index in [2.05, 4.69) is 5.32 Å². The lowest BCUT2D eigenvalue weighted by Crippen LogP contribution is -2.45. The van der Waals surface area contributed by atoms with E-state index < -0.39 is 18.5 Å². The molecule has 1 aliphatic rings. The van der Waals surface area contributed by atoms with Crippen molar-refractivity contribution in [2.45, 2.75) is 6.04 Å². The normalized spacial score (nSPS) is 17.2. The molecule has 0 bridgehead atoms. The molecule has 1 heterocycles. The van der Waals surface area contributed by atoms with Gasteiger partial charge in [0.2, 0.25) is 0 Å². The minimum absolute atomic E-state index is 0. The summed E-state index contributed by atoms with van der Waals surface area (Å²) in [6.45, 7) is 2.36. The Morgan fingerprint density at radius 2 is 1.89 bits per heavy atom. The van der Waals surface area contributed by atoms with Crippen LogP contribution in [0.2, 0.25) is 0 Å². The first-order valence-electron chi connectivity index (χ1n) is 5.71. The summed E-state index contributed by atoms with van der Waals surface area (Å²) >= 11 is 0. The monoisotopic (exact) mass is 314 g/mol. The number of phenolic OH excluding ortho intramolecular Hbond substituents is 1. The third kappa shape index (κ3) is 4.45. The van der Waals surface area contributed by atoms with Crippen molar-refractivity contribution in [3.8, 4) is 5.75 Å². The van der Waals surface area contributed by atoms with Gasteiger partial charge in [0.1, 0.15) is 18.2 Å². The summed E-state index contributed by atoms with van der Waals surface area (Å²) in [5.41, 5.74) is 0.312. The van der Waals surface area contributed by atoms with Crippen LogP contribution in [0.4, 0.5) is 8.78 Å². The summed E-state index contributed by atoms with van der Waals surface area (Å²) in [5, 5.41) is 12.3. The van der Waals surface area contributed by atoms with E-state index in [0.717, 1.165) is 19.2 Å². The van der Waals surface area contributed by atoms with Gasteiger partial charge in [0.15, 0.2) is 0 Å². The maximum Gasteiger partial charge on any atom is 0.131 e. The summed E-state index contributed by atoms with van der Waals surface area (Å²) in [7, 11) is 0. The molecular weight excluding hydrogens is 297 g/mol. The Hall–Kier alpha value is -0.620. The number of hydrogen-bond acceptors (Lipinski definition) is 3. The van der Waals surface area contributed by atoms with E-state index in [9.17, 15) is 8.78 Å². The molecule has 1 saturated heterocycles. The lowest BCUT2D eigenvalue weighted by molar-refractivity contribution is 0.144. The van der Waals surface area contributed by atoms with Gasteiger partial charge in [-0.05, 0) is 6.07 Å². The summed E-state index contributed by atoms with van der Waals surface area (Å²) in [6.07, 6.45) is 0. The zero-order valence-corrected chi connectivity index (χ0v) is 11.9. The highest BCUT2D eigenvalue weighted by molar-refractivity contribution is 5.85. The van der Waals surface area contributed by atoms with Gasteiger partial charge >= 0.3 is 0 Å². The van der Waals surface area contributed by atoms with E-state index in [-0.39, 0.29) is 30.6 Å². The average Bonchev–Trinajstić information content (AvgIpc) is 2.34. The maximum atomic E-state index is 13.7. The first-order valence-corrected chi connectivity index (χ1v) is 5.71. The lowest BCUT2D eigenvalue weighted by atomic mass is 10.0. The minimum Gasteiger partial charge on any atom is -0.508 e. The van der Waals surface area contributed by atoms with E-state index in [1.54, 1.807) is 0 Å². The first-order chi connectivity index (χ1) is 8.22. The highest BCUT2D eigenvalue weighted by Gasteiger charge is 2.24.